The Hall–Kier alpha value is -2.04. The van der Waals surface area contributed by atoms with Gasteiger partial charge in [-0.15, -0.1) is 0 Å². The molecule has 2 unspecified atom stereocenters. The second kappa shape index (κ2) is 6.61. The Labute approximate surface area is 124 Å². The lowest BCUT2D eigenvalue weighted by Crippen LogP contribution is -2.46. The predicted octanol–water partition coefficient (Wildman–Crippen LogP) is 1.95. The molecule has 1 aliphatic heterocycles. The van der Waals surface area contributed by atoms with E-state index in [1.807, 2.05) is 31.2 Å². The number of likely N-dealkylation sites (tertiary alicyclic amines) is 1. The Bertz CT molecular complexity index is 529. The second-order valence-corrected chi connectivity index (χ2v) is 5.52. The van der Waals surface area contributed by atoms with Gasteiger partial charge in [-0.2, -0.15) is 0 Å². The Morgan fingerprint density at radius 1 is 1.43 bits per heavy atom. The zero-order valence-electron chi connectivity index (χ0n) is 12.4. The van der Waals surface area contributed by atoms with E-state index in [1.54, 1.807) is 12.0 Å². The molecular weight excluding hydrogens is 270 g/mol. The standard InChI is InChI=1S/C16H21NO4/c1-11-8-13(16(19)20)6-7-17(11)15(18)10-12-4-3-5-14(9-12)21-2/h3-5,9,11,13H,6-8,10H2,1-2H3,(H,19,20). The molecule has 0 radical (unpaired) electrons. The van der Waals surface area contributed by atoms with Crippen LogP contribution in [0.4, 0.5) is 0 Å². The zero-order valence-corrected chi connectivity index (χ0v) is 12.4. The molecule has 114 valence electrons. The van der Waals surface area contributed by atoms with Crippen LogP contribution in [0.15, 0.2) is 24.3 Å². The fourth-order valence-electron chi connectivity index (χ4n) is 2.83. The second-order valence-electron chi connectivity index (χ2n) is 5.52. The molecule has 0 bridgehead atoms. The highest BCUT2D eigenvalue weighted by molar-refractivity contribution is 5.79. The molecule has 21 heavy (non-hydrogen) atoms. The molecule has 0 aliphatic carbocycles. The number of ether oxygens (including phenoxy) is 1. The van der Waals surface area contributed by atoms with Gasteiger partial charge in [0.1, 0.15) is 5.75 Å². The Kier molecular flexibility index (Phi) is 4.83. The van der Waals surface area contributed by atoms with E-state index in [9.17, 15) is 9.59 Å². The molecule has 1 fully saturated rings. The van der Waals surface area contributed by atoms with E-state index < -0.39 is 5.97 Å². The molecular formula is C16H21NO4. The average Bonchev–Trinajstić information content (AvgIpc) is 2.47. The number of carbonyl (C=O) groups excluding carboxylic acids is 1. The van der Waals surface area contributed by atoms with Crippen LogP contribution in [0, 0.1) is 5.92 Å². The number of hydrogen-bond acceptors (Lipinski definition) is 3. The number of rotatable bonds is 4. The Morgan fingerprint density at radius 2 is 2.19 bits per heavy atom. The van der Waals surface area contributed by atoms with Gasteiger partial charge in [-0.1, -0.05) is 12.1 Å². The number of carboxylic acids is 1. The van der Waals surface area contributed by atoms with Gasteiger partial charge in [0.2, 0.25) is 5.91 Å². The summed E-state index contributed by atoms with van der Waals surface area (Å²) in [5.74, 6) is -0.319. The van der Waals surface area contributed by atoms with Crippen molar-refractivity contribution in [3.63, 3.8) is 0 Å². The number of amides is 1. The van der Waals surface area contributed by atoms with Gasteiger partial charge in [0.25, 0.3) is 0 Å². The number of carbonyl (C=O) groups is 2. The minimum Gasteiger partial charge on any atom is -0.497 e. The molecule has 1 saturated heterocycles. The molecule has 5 heteroatoms. The molecule has 0 saturated carbocycles. The SMILES string of the molecule is COc1cccc(CC(=O)N2CCC(C(=O)O)CC2C)c1. The summed E-state index contributed by atoms with van der Waals surface area (Å²) in [6.07, 6.45) is 1.38. The van der Waals surface area contributed by atoms with Gasteiger partial charge in [-0.05, 0) is 37.5 Å². The fraction of sp³-hybridized carbons (Fsp3) is 0.500. The van der Waals surface area contributed by atoms with Crippen LogP contribution in [0.2, 0.25) is 0 Å². The summed E-state index contributed by atoms with van der Waals surface area (Å²) in [5.41, 5.74) is 0.909. The van der Waals surface area contributed by atoms with Crippen molar-refractivity contribution >= 4 is 11.9 Å². The smallest absolute Gasteiger partial charge is 0.306 e. The van der Waals surface area contributed by atoms with Crippen LogP contribution in [0.25, 0.3) is 0 Å². The van der Waals surface area contributed by atoms with E-state index in [2.05, 4.69) is 0 Å². The number of nitrogens with zero attached hydrogens (tertiary/aromatic N) is 1. The number of piperidine rings is 1. The molecule has 1 heterocycles. The molecule has 1 aliphatic rings. The van der Waals surface area contributed by atoms with Crippen molar-refractivity contribution in [2.24, 2.45) is 5.92 Å². The monoisotopic (exact) mass is 291 g/mol. The van der Waals surface area contributed by atoms with Gasteiger partial charge >= 0.3 is 5.97 Å². The van der Waals surface area contributed by atoms with E-state index in [4.69, 9.17) is 9.84 Å². The number of hydrogen-bond donors (Lipinski definition) is 1. The van der Waals surface area contributed by atoms with Crippen molar-refractivity contribution in [3.8, 4) is 5.75 Å². The van der Waals surface area contributed by atoms with Crippen molar-refractivity contribution in [3.05, 3.63) is 29.8 Å². The van der Waals surface area contributed by atoms with Gasteiger partial charge in [-0.3, -0.25) is 9.59 Å². The molecule has 1 amide bonds. The van der Waals surface area contributed by atoms with E-state index >= 15 is 0 Å². The summed E-state index contributed by atoms with van der Waals surface area (Å²) in [6, 6.07) is 7.43. The van der Waals surface area contributed by atoms with E-state index in [1.165, 1.54) is 0 Å². The lowest BCUT2D eigenvalue weighted by atomic mass is 9.91. The van der Waals surface area contributed by atoms with Crippen LogP contribution in [-0.4, -0.2) is 41.6 Å². The van der Waals surface area contributed by atoms with Crippen LogP contribution in [0.3, 0.4) is 0 Å². The summed E-state index contributed by atoms with van der Waals surface area (Å²) < 4.78 is 5.15. The quantitative estimate of drug-likeness (QED) is 0.920. The minimum absolute atomic E-state index is 0.0297. The van der Waals surface area contributed by atoms with Gasteiger partial charge in [0.15, 0.2) is 0 Å². The Balaban J connectivity index is 1.99. The first-order valence-electron chi connectivity index (χ1n) is 7.16. The van der Waals surface area contributed by atoms with Crippen molar-refractivity contribution in [2.75, 3.05) is 13.7 Å². The average molecular weight is 291 g/mol. The predicted molar refractivity (Wildman–Crippen MR) is 78.2 cm³/mol. The molecule has 1 aromatic rings. The number of carboxylic acid groups (broad SMARTS) is 1. The molecule has 2 rings (SSSR count). The summed E-state index contributed by atoms with van der Waals surface area (Å²) >= 11 is 0. The Morgan fingerprint density at radius 3 is 2.81 bits per heavy atom. The van der Waals surface area contributed by atoms with Gasteiger partial charge in [0, 0.05) is 12.6 Å². The first-order valence-corrected chi connectivity index (χ1v) is 7.16. The highest BCUT2D eigenvalue weighted by Gasteiger charge is 2.31. The molecule has 2 atom stereocenters. The number of benzene rings is 1. The van der Waals surface area contributed by atoms with E-state index in [0.717, 1.165) is 11.3 Å². The molecule has 0 spiro atoms. The number of aliphatic carboxylic acids is 1. The van der Waals surface area contributed by atoms with Crippen molar-refractivity contribution in [2.45, 2.75) is 32.2 Å². The van der Waals surface area contributed by atoms with Crippen LogP contribution in [0.1, 0.15) is 25.3 Å². The topological polar surface area (TPSA) is 66.8 Å². The fourth-order valence-corrected chi connectivity index (χ4v) is 2.83. The zero-order chi connectivity index (χ0) is 15.4. The lowest BCUT2D eigenvalue weighted by molar-refractivity contribution is -0.147. The van der Waals surface area contributed by atoms with Gasteiger partial charge < -0.3 is 14.7 Å². The summed E-state index contributed by atoms with van der Waals surface area (Å²) in [6.45, 7) is 2.43. The third-order valence-electron chi connectivity index (χ3n) is 4.04. The summed E-state index contributed by atoms with van der Waals surface area (Å²) in [4.78, 5) is 25.2. The van der Waals surface area contributed by atoms with Crippen LogP contribution in [0.5, 0.6) is 5.75 Å². The van der Waals surface area contributed by atoms with Gasteiger partial charge in [-0.25, -0.2) is 0 Å². The van der Waals surface area contributed by atoms with Crippen molar-refractivity contribution < 1.29 is 19.4 Å². The van der Waals surface area contributed by atoms with Gasteiger partial charge in [0.05, 0.1) is 19.4 Å². The largest absolute Gasteiger partial charge is 0.497 e. The van der Waals surface area contributed by atoms with Crippen LogP contribution < -0.4 is 4.74 Å². The van der Waals surface area contributed by atoms with E-state index in [-0.39, 0.29) is 17.9 Å². The first kappa shape index (κ1) is 15.4. The summed E-state index contributed by atoms with van der Waals surface area (Å²) in [5, 5.41) is 9.06. The van der Waals surface area contributed by atoms with Crippen LogP contribution in [-0.2, 0) is 16.0 Å². The molecule has 5 nitrogen and oxygen atoms in total. The third kappa shape index (κ3) is 3.74. The first-order chi connectivity index (χ1) is 10.0. The van der Waals surface area contributed by atoms with Crippen molar-refractivity contribution in [1.82, 2.24) is 4.90 Å². The normalized spacial score (nSPS) is 21.9. The minimum atomic E-state index is -0.762. The van der Waals surface area contributed by atoms with Crippen molar-refractivity contribution in [1.29, 1.82) is 0 Å². The maximum atomic E-state index is 12.4. The third-order valence-corrected chi connectivity index (χ3v) is 4.04. The highest BCUT2D eigenvalue weighted by Crippen LogP contribution is 2.24. The molecule has 1 aromatic carbocycles. The maximum absolute atomic E-state index is 12.4. The molecule has 0 aromatic heterocycles. The summed E-state index contributed by atoms with van der Waals surface area (Å²) in [7, 11) is 1.60. The van der Waals surface area contributed by atoms with Crippen LogP contribution >= 0.6 is 0 Å². The number of methoxy groups -OCH3 is 1. The maximum Gasteiger partial charge on any atom is 0.306 e. The highest BCUT2D eigenvalue weighted by atomic mass is 16.5. The van der Waals surface area contributed by atoms with E-state index in [0.29, 0.717) is 25.8 Å². The molecule has 1 N–H and O–H groups in total. The lowest BCUT2D eigenvalue weighted by Gasteiger charge is -2.36.